The summed E-state index contributed by atoms with van der Waals surface area (Å²) in [6, 6.07) is 13.5. The van der Waals surface area contributed by atoms with Crippen molar-refractivity contribution in [3.8, 4) is 0 Å². The third-order valence-electron chi connectivity index (χ3n) is 7.46. The molecule has 1 amide bonds. The molecule has 5 rings (SSSR count). The maximum atomic E-state index is 14.0. The Morgan fingerprint density at radius 1 is 1.09 bits per heavy atom. The minimum atomic E-state index is -3.85. The van der Waals surface area contributed by atoms with Crippen LogP contribution in [0.1, 0.15) is 51.2 Å². The van der Waals surface area contributed by atoms with E-state index in [0.717, 1.165) is 11.1 Å². The van der Waals surface area contributed by atoms with Crippen molar-refractivity contribution in [3.05, 3.63) is 59.7 Å². The number of aliphatic hydroxyl groups is 1. The van der Waals surface area contributed by atoms with Crippen LogP contribution in [0.25, 0.3) is 0 Å². The number of amides is 1. The van der Waals surface area contributed by atoms with E-state index in [9.17, 15) is 18.3 Å². The summed E-state index contributed by atoms with van der Waals surface area (Å²) in [6.07, 6.45) is 0.257. The van der Waals surface area contributed by atoms with Gasteiger partial charge in [-0.15, -0.1) is 0 Å². The van der Waals surface area contributed by atoms with Crippen molar-refractivity contribution in [2.45, 2.75) is 81.1 Å². The van der Waals surface area contributed by atoms with Crippen LogP contribution in [-0.2, 0) is 20.2 Å². The van der Waals surface area contributed by atoms with E-state index >= 15 is 0 Å². The van der Waals surface area contributed by atoms with Crippen LogP contribution >= 0.6 is 0 Å². The van der Waals surface area contributed by atoms with E-state index in [2.05, 4.69) is 0 Å². The molecule has 2 aliphatic heterocycles. The number of hydrogen-bond acceptors (Lipinski definition) is 5. The number of nitrogens with zero attached hydrogens (tertiary/aromatic N) is 2. The zero-order chi connectivity index (χ0) is 24.5. The van der Waals surface area contributed by atoms with Gasteiger partial charge in [0.1, 0.15) is 5.60 Å². The highest BCUT2D eigenvalue weighted by molar-refractivity contribution is 7.92. The second kappa shape index (κ2) is 7.71. The highest BCUT2D eigenvalue weighted by Gasteiger charge is 2.66. The highest BCUT2D eigenvalue weighted by atomic mass is 32.2. The number of anilines is 1. The maximum absolute atomic E-state index is 14.0. The molecule has 182 valence electrons. The molecule has 1 unspecified atom stereocenters. The van der Waals surface area contributed by atoms with E-state index in [1.807, 2.05) is 52.0 Å². The summed E-state index contributed by atoms with van der Waals surface area (Å²) in [5, 5.41) is 11.2. The zero-order valence-corrected chi connectivity index (χ0v) is 20.9. The largest absolute Gasteiger partial charge is 0.444 e. The monoisotopic (exact) mass is 484 g/mol. The van der Waals surface area contributed by atoms with Gasteiger partial charge in [0, 0.05) is 12.0 Å². The molecular formula is C26H32N2O5S. The van der Waals surface area contributed by atoms with Crippen molar-refractivity contribution in [2.24, 2.45) is 0 Å². The number of carbonyl (C=O) groups is 1. The predicted octanol–water partition coefficient (Wildman–Crippen LogP) is 3.97. The predicted molar refractivity (Wildman–Crippen MR) is 129 cm³/mol. The number of hydrogen-bond donors (Lipinski definition) is 1. The molecule has 2 aromatic rings. The molecule has 0 aromatic heterocycles. The van der Waals surface area contributed by atoms with E-state index in [-0.39, 0.29) is 4.90 Å². The zero-order valence-electron chi connectivity index (χ0n) is 20.1. The summed E-state index contributed by atoms with van der Waals surface area (Å²) in [6.45, 7) is 7.78. The highest BCUT2D eigenvalue weighted by Crippen LogP contribution is 2.59. The standard InChI is InChI=1S/C26H32N2O5S/c1-17-9-11-18(12-10-17)34(31,32)28-20-8-6-5-7-19(20)26-15-16-27(24(30)33-25(2,3)4)23(26)21(29)13-14-22(26)28/h5-12,21-23,29H,13-16H2,1-4H3/t21?,22-,23-,26-/m0/s1. The van der Waals surface area contributed by atoms with Gasteiger partial charge in [-0.25, -0.2) is 13.2 Å². The molecular weight excluding hydrogens is 452 g/mol. The lowest BCUT2D eigenvalue weighted by molar-refractivity contribution is -0.0192. The quantitative estimate of drug-likeness (QED) is 0.697. The summed E-state index contributed by atoms with van der Waals surface area (Å²) >= 11 is 0. The number of ether oxygens (including phenoxy) is 1. The SMILES string of the molecule is Cc1ccc(S(=O)(=O)N2c3ccccc3[C@]34CCN(C(=O)OC(C)(C)C)[C@H]3C(O)CC[C@H]24)cc1. The van der Waals surface area contributed by atoms with E-state index < -0.39 is 45.3 Å². The third kappa shape index (κ3) is 3.33. The van der Waals surface area contributed by atoms with Crippen LogP contribution in [0.2, 0.25) is 0 Å². The van der Waals surface area contributed by atoms with E-state index in [1.54, 1.807) is 33.5 Å². The van der Waals surface area contributed by atoms with Gasteiger partial charge in [-0.1, -0.05) is 35.9 Å². The first-order valence-corrected chi connectivity index (χ1v) is 13.3. The smallest absolute Gasteiger partial charge is 0.410 e. The summed E-state index contributed by atoms with van der Waals surface area (Å²) in [5.74, 6) is 0. The molecule has 2 fully saturated rings. The number of fused-ring (bicyclic) bond motifs is 1. The van der Waals surface area contributed by atoms with Crippen molar-refractivity contribution >= 4 is 21.8 Å². The van der Waals surface area contributed by atoms with Crippen LogP contribution < -0.4 is 4.31 Å². The molecule has 1 aliphatic carbocycles. The Bertz CT molecular complexity index is 1220. The van der Waals surface area contributed by atoms with Crippen molar-refractivity contribution in [3.63, 3.8) is 0 Å². The summed E-state index contributed by atoms with van der Waals surface area (Å²) in [7, 11) is -3.85. The second-order valence-electron chi connectivity index (χ2n) is 10.7. The Morgan fingerprint density at radius 2 is 1.76 bits per heavy atom. The van der Waals surface area contributed by atoms with Crippen molar-refractivity contribution in [1.82, 2.24) is 4.90 Å². The summed E-state index contributed by atoms with van der Waals surface area (Å²) in [5.41, 5.74) is 1.15. The second-order valence-corrected chi connectivity index (χ2v) is 12.5. The molecule has 4 atom stereocenters. The first-order valence-electron chi connectivity index (χ1n) is 11.8. The average Bonchev–Trinajstić information content (AvgIpc) is 3.30. The molecule has 1 spiro atoms. The van der Waals surface area contributed by atoms with Crippen LogP contribution in [0.15, 0.2) is 53.4 Å². The molecule has 1 N–H and O–H groups in total. The van der Waals surface area contributed by atoms with Crippen LogP contribution in [0.5, 0.6) is 0 Å². The normalized spacial score (nSPS) is 28.3. The topological polar surface area (TPSA) is 87.2 Å². The summed E-state index contributed by atoms with van der Waals surface area (Å²) in [4.78, 5) is 15.0. The molecule has 1 saturated carbocycles. The van der Waals surface area contributed by atoms with Gasteiger partial charge < -0.3 is 14.7 Å². The van der Waals surface area contributed by atoms with Crippen LogP contribution in [0.3, 0.4) is 0 Å². The number of likely N-dealkylation sites (tertiary alicyclic amines) is 1. The Kier molecular flexibility index (Phi) is 5.26. The van der Waals surface area contributed by atoms with Gasteiger partial charge in [-0.2, -0.15) is 0 Å². The molecule has 1 saturated heterocycles. The maximum Gasteiger partial charge on any atom is 0.410 e. The molecule has 3 aliphatic rings. The van der Waals surface area contributed by atoms with Gasteiger partial charge in [0.05, 0.1) is 28.8 Å². The van der Waals surface area contributed by atoms with Crippen molar-refractivity contribution in [2.75, 3.05) is 10.8 Å². The summed E-state index contributed by atoms with van der Waals surface area (Å²) < 4.78 is 35.2. The number of sulfonamides is 1. The fraction of sp³-hybridized carbons (Fsp3) is 0.500. The van der Waals surface area contributed by atoms with E-state index in [1.165, 1.54) is 0 Å². The minimum absolute atomic E-state index is 0.245. The van der Waals surface area contributed by atoms with Gasteiger partial charge in [0.2, 0.25) is 0 Å². The lowest BCUT2D eigenvalue weighted by Gasteiger charge is -2.47. The molecule has 0 radical (unpaired) electrons. The number of carbonyl (C=O) groups excluding carboxylic acids is 1. The van der Waals surface area contributed by atoms with Gasteiger partial charge in [-0.3, -0.25) is 4.31 Å². The van der Waals surface area contributed by atoms with Gasteiger partial charge in [0.25, 0.3) is 10.0 Å². The van der Waals surface area contributed by atoms with Crippen LogP contribution in [0.4, 0.5) is 10.5 Å². The van der Waals surface area contributed by atoms with Crippen LogP contribution in [0, 0.1) is 6.92 Å². The van der Waals surface area contributed by atoms with Crippen molar-refractivity contribution < 1.29 is 23.1 Å². The number of para-hydroxylation sites is 1. The molecule has 7 nitrogen and oxygen atoms in total. The van der Waals surface area contributed by atoms with Gasteiger partial charge >= 0.3 is 6.09 Å². The Hall–Kier alpha value is -2.58. The number of rotatable bonds is 2. The van der Waals surface area contributed by atoms with E-state index in [4.69, 9.17) is 4.74 Å². The first kappa shape index (κ1) is 23.2. The lowest BCUT2D eigenvalue weighted by atomic mass is 9.64. The third-order valence-corrected chi connectivity index (χ3v) is 9.29. The van der Waals surface area contributed by atoms with Crippen molar-refractivity contribution in [1.29, 1.82) is 0 Å². The van der Waals surface area contributed by atoms with Crippen LogP contribution in [-0.4, -0.2) is 54.9 Å². The fourth-order valence-corrected chi connectivity index (χ4v) is 7.96. The first-order chi connectivity index (χ1) is 16.0. The number of aliphatic hydroxyl groups excluding tert-OH is 1. The molecule has 0 bridgehead atoms. The number of aryl methyl sites for hydroxylation is 1. The molecule has 34 heavy (non-hydrogen) atoms. The molecule has 2 heterocycles. The average molecular weight is 485 g/mol. The Balaban J connectivity index is 1.64. The van der Waals surface area contributed by atoms with Gasteiger partial charge in [-0.05, 0) is 70.7 Å². The minimum Gasteiger partial charge on any atom is -0.444 e. The lowest BCUT2D eigenvalue weighted by Crippen LogP contribution is -2.62. The van der Waals surface area contributed by atoms with Gasteiger partial charge in [0.15, 0.2) is 0 Å². The van der Waals surface area contributed by atoms with E-state index in [0.29, 0.717) is 31.5 Å². The Labute approximate surface area is 201 Å². The number of benzene rings is 2. The molecule has 2 aromatic carbocycles. The molecule has 8 heteroatoms. The fourth-order valence-electron chi connectivity index (χ4n) is 6.20. The Morgan fingerprint density at radius 3 is 2.44 bits per heavy atom.